The van der Waals surface area contributed by atoms with Crippen LogP contribution in [0.2, 0.25) is 0 Å². The molecule has 4 heteroatoms. The summed E-state index contributed by atoms with van der Waals surface area (Å²) in [4.78, 5) is 17.9. The number of pyridine rings is 1. The Morgan fingerprint density at radius 2 is 2.17 bits per heavy atom. The van der Waals surface area contributed by atoms with E-state index < -0.39 is 0 Å². The minimum Gasteiger partial charge on any atom is -0.337 e. The number of benzene rings is 1. The van der Waals surface area contributed by atoms with Gasteiger partial charge >= 0.3 is 0 Å². The molecular weight excluding hydrogens is 339 g/mol. The molecule has 18 heavy (non-hydrogen) atoms. The molecule has 3 nitrogen and oxygen atoms in total. The highest BCUT2D eigenvalue weighted by atomic mass is 127. The van der Waals surface area contributed by atoms with Gasteiger partial charge in [0.2, 0.25) is 0 Å². The van der Waals surface area contributed by atoms with Gasteiger partial charge in [-0.05, 0) is 52.4 Å². The average molecular weight is 352 g/mol. The molecule has 2 aromatic rings. The summed E-state index contributed by atoms with van der Waals surface area (Å²) in [6.07, 6.45) is 3.50. The van der Waals surface area contributed by atoms with Crippen molar-refractivity contribution in [2.24, 2.45) is 0 Å². The third-order valence-corrected chi connectivity index (χ3v) is 3.23. The molecule has 0 spiro atoms. The molecule has 0 radical (unpaired) electrons. The highest BCUT2D eigenvalue weighted by Gasteiger charge is 2.11. The summed E-state index contributed by atoms with van der Waals surface area (Å²) in [7, 11) is 1.80. The van der Waals surface area contributed by atoms with Gasteiger partial charge in [-0.25, -0.2) is 0 Å². The Balaban J connectivity index is 2.10. The fourth-order valence-electron chi connectivity index (χ4n) is 1.68. The first-order chi connectivity index (χ1) is 8.66. The molecule has 0 bridgehead atoms. The molecule has 0 aliphatic heterocycles. The Morgan fingerprint density at radius 3 is 2.83 bits per heavy atom. The normalized spacial score (nSPS) is 10.1. The number of halogens is 1. The number of amides is 1. The minimum atomic E-state index is 0.0253. The first-order valence-electron chi connectivity index (χ1n) is 5.57. The van der Waals surface area contributed by atoms with E-state index in [2.05, 4.69) is 27.6 Å². The number of hydrogen-bond donors (Lipinski definition) is 0. The van der Waals surface area contributed by atoms with Gasteiger partial charge in [-0.1, -0.05) is 12.1 Å². The summed E-state index contributed by atoms with van der Waals surface area (Å²) in [6, 6.07) is 11.4. The van der Waals surface area contributed by atoms with Crippen molar-refractivity contribution in [1.29, 1.82) is 0 Å². The monoisotopic (exact) mass is 352 g/mol. The summed E-state index contributed by atoms with van der Waals surface area (Å²) in [5.41, 5.74) is 1.74. The van der Waals surface area contributed by atoms with Gasteiger partial charge < -0.3 is 4.90 Å². The Kier molecular flexibility index (Phi) is 4.30. The molecule has 0 unspecified atom stereocenters. The molecule has 1 aromatic carbocycles. The first kappa shape index (κ1) is 13.0. The highest BCUT2D eigenvalue weighted by Crippen LogP contribution is 2.11. The number of aromatic nitrogens is 1. The lowest BCUT2D eigenvalue weighted by Crippen LogP contribution is -2.26. The van der Waals surface area contributed by atoms with E-state index in [4.69, 9.17) is 0 Å². The van der Waals surface area contributed by atoms with E-state index in [0.29, 0.717) is 12.1 Å². The minimum absolute atomic E-state index is 0.0253. The molecule has 2 rings (SSSR count). The predicted octanol–water partition coefficient (Wildman–Crippen LogP) is 2.96. The smallest absolute Gasteiger partial charge is 0.253 e. The van der Waals surface area contributed by atoms with Gasteiger partial charge in [0, 0.05) is 35.1 Å². The molecule has 1 amide bonds. The number of carbonyl (C=O) groups is 1. The molecule has 0 atom stereocenters. The van der Waals surface area contributed by atoms with Crippen LogP contribution in [-0.2, 0) is 6.54 Å². The van der Waals surface area contributed by atoms with Crippen LogP contribution in [0.1, 0.15) is 15.9 Å². The van der Waals surface area contributed by atoms with Crippen LogP contribution in [0.4, 0.5) is 0 Å². The average Bonchev–Trinajstić information content (AvgIpc) is 2.39. The van der Waals surface area contributed by atoms with Gasteiger partial charge in [0.25, 0.3) is 5.91 Å². The van der Waals surface area contributed by atoms with Crippen molar-refractivity contribution < 1.29 is 4.79 Å². The Hall–Kier alpha value is -1.43. The maximum Gasteiger partial charge on any atom is 0.253 e. The van der Waals surface area contributed by atoms with Crippen molar-refractivity contribution in [3.8, 4) is 0 Å². The molecule has 0 N–H and O–H groups in total. The zero-order valence-corrected chi connectivity index (χ0v) is 12.2. The number of nitrogens with zero attached hydrogens (tertiary/aromatic N) is 2. The van der Waals surface area contributed by atoms with Crippen LogP contribution in [0.25, 0.3) is 0 Å². The Bertz CT molecular complexity index is 543. The van der Waals surface area contributed by atoms with E-state index in [0.717, 1.165) is 9.13 Å². The lowest BCUT2D eigenvalue weighted by atomic mass is 10.2. The van der Waals surface area contributed by atoms with Crippen molar-refractivity contribution in [3.05, 3.63) is 63.5 Å². The summed E-state index contributed by atoms with van der Waals surface area (Å²) in [5.74, 6) is 0.0253. The molecule has 0 aliphatic carbocycles. The van der Waals surface area contributed by atoms with Crippen molar-refractivity contribution in [3.63, 3.8) is 0 Å². The molecule has 0 fully saturated rings. The van der Waals surface area contributed by atoms with E-state index in [1.807, 2.05) is 36.4 Å². The predicted molar refractivity (Wildman–Crippen MR) is 79.2 cm³/mol. The van der Waals surface area contributed by atoms with Gasteiger partial charge in [0.15, 0.2) is 0 Å². The third kappa shape index (κ3) is 3.29. The lowest BCUT2D eigenvalue weighted by molar-refractivity contribution is 0.0785. The molecule has 0 saturated heterocycles. The topological polar surface area (TPSA) is 33.2 Å². The van der Waals surface area contributed by atoms with Crippen LogP contribution in [0, 0.1) is 3.57 Å². The molecule has 0 saturated carbocycles. The van der Waals surface area contributed by atoms with Crippen LogP contribution in [0.5, 0.6) is 0 Å². The second kappa shape index (κ2) is 5.95. The van der Waals surface area contributed by atoms with Crippen LogP contribution in [0.3, 0.4) is 0 Å². The summed E-state index contributed by atoms with van der Waals surface area (Å²) in [6.45, 7) is 0.568. The SMILES string of the molecule is CN(Cc1cccnc1)C(=O)c1cccc(I)c1. The van der Waals surface area contributed by atoms with Gasteiger partial charge in [-0.2, -0.15) is 0 Å². The molecule has 1 heterocycles. The fourth-order valence-corrected chi connectivity index (χ4v) is 2.22. The Morgan fingerprint density at radius 1 is 1.33 bits per heavy atom. The molecular formula is C14H13IN2O. The second-order valence-electron chi connectivity index (χ2n) is 4.03. The van der Waals surface area contributed by atoms with E-state index >= 15 is 0 Å². The van der Waals surface area contributed by atoms with Crippen molar-refractivity contribution in [1.82, 2.24) is 9.88 Å². The van der Waals surface area contributed by atoms with Crippen LogP contribution in [-0.4, -0.2) is 22.8 Å². The van der Waals surface area contributed by atoms with Gasteiger partial charge in [0.1, 0.15) is 0 Å². The number of carbonyl (C=O) groups excluding carboxylic acids is 1. The Labute approximate surface area is 120 Å². The third-order valence-electron chi connectivity index (χ3n) is 2.56. The highest BCUT2D eigenvalue weighted by molar-refractivity contribution is 14.1. The van der Waals surface area contributed by atoms with Crippen molar-refractivity contribution >= 4 is 28.5 Å². The van der Waals surface area contributed by atoms with Crippen LogP contribution < -0.4 is 0 Å². The summed E-state index contributed by atoms with van der Waals surface area (Å²) >= 11 is 2.21. The fraction of sp³-hybridized carbons (Fsp3) is 0.143. The maximum absolute atomic E-state index is 12.2. The second-order valence-corrected chi connectivity index (χ2v) is 5.28. The quantitative estimate of drug-likeness (QED) is 0.796. The van der Waals surface area contributed by atoms with E-state index in [1.54, 1.807) is 24.3 Å². The lowest BCUT2D eigenvalue weighted by Gasteiger charge is -2.17. The maximum atomic E-state index is 12.2. The van der Waals surface area contributed by atoms with Crippen LogP contribution >= 0.6 is 22.6 Å². The van der Waals surface area contributed by atoms with Gasteiger partial charge in [-0.3, -0.25) is 9.78 Å². The van der Waals surface area contributed by atoms with Crippen LogP contribution in [0.15, 0.2) is 48.8 Å². The zero-order valence-electron chi connectivity index (χ0n) is 10.0. The standard InChI is InChI=1S/C14H13IN2O/c1-17(10-11-4-3-7-16-9-11)14(18)12-5-2-6-13(15)8-12/h2-9H,10H2,1H3. The largest absolute Gasteiger partial charge is 0.337 e. The van der Waals surface area contributed by atoms with Gasteiger partial charge in [0.05, 0.1) is 0 Å². The van der Waals surface area contributed by atoms with Crippen molar-refractivity contribution in [2.45, 2.75) is 6.54 Å². The van der Waals surface area contributed by atoms with E-state index in [-0.39, 0.29) is 5.91 Å². The summed E-state index contributed by atoms with van der Waals surface area (Å²) < 4.78 is 1.06. The van der Waals surface area contributed by atoms with E-state index in [1.165, 1.54) is 0 Å². The van der Waals surface area contributed by atoms with Gasteiger partial charge in [-0.15, -0.1) is 0 Å². The van der Waals surface area contributed by atoms with Crippen molar-refractivity contribution in [2.75, 3.05) is 7.05 Å². The number of hydrogen-bond acceptors (Lipinski definition) is 2. The van der Waals surface area contributed by atoms with E-state index in [9.17, 15) is 4.79 Å². The zero-order chi connectivity index (χ0) is 13.0. The molecule has 92 valence electrons. The first-order valence-corrected chi connectivity index (χ1v) is 6.64. The molecule has 1 aromatic heterocycles. The number of rotatable bonds is 3. The summed E-state index contributed by atoms with van der Waals surface area (Å²) in [5, 5.41) is 0. The molecule has 0 aliphatic rings.